The molecule has 3 N–H and O–H groups in total. The molecule has 0 spiro atoms. The minimum atomic E-state index is -0.714. The Morgan fingerprint density at radius 1 is 1.64 bits per heavy atom. The zero-order valence-electron chi connectivity index (χ0n) is 7.82. The summed E-state index contributed by atoms with van der Waals surface area (Å²) in [6.07, 6.45) is 1.31. The summed E-state index contributed by atoms with van der Waals surface area (Å²) in [5, 5.41) is 18.4. The molecule has 0 saturated heterocycles. The molecule has 6 nitrogen and oxygen atoms in total. The summed E-state index contributed by atoms with van der Waals surface area (Å²) >= 11 is 0. The number of nitrogens with one attached hydrogen (secondary N) is 2. The SMILES string of the molecule is Cc1nc(NC2CC(C(=O)O)C2)n[nH]1. The van der Waals surface area contributed by atoms with E-state index in [9.17, 15) is 4.79 Å². The van der Waals surface area contributed by atoms with Crippen LogP contribution in [-0.4, -0.2) is 32.3 Å². The van der Waals surface area contributed by atoms with Crippen LogP contribution in [0.5, 0.6) is 0 Å². The Balaban J connectivity index is 1.82. The van der Waals surface area contributed by atoms with E-state index in [1.807, 2.05) is 6.92 Å². The van der Waals surface area contributed by atoms with Crippen LogP contribution < -0.4 is 5.32 Å². The van der Waals surface area contributed by atoms with E-state index in [0.29, 0.717) is 18.8 Å². The smallest absolute Gasteiger partial charge is 0.306 e. The van der Waals surface area contributed by atoms with Crippen LogP contribution in [-0.2, 0) is 4.79 Å². The second-order valence-corrected chi connectivity index (χ2v) is 3.59. The third kappa shape index (κ3) is 1.68. The maximum Gasteiger partial charge on any atom is 0.306 e. The van der Waals surface area contributed by atoms with Gasteiger partial charge in [-0.3, -0.25) is 9.89 Å². The van der Waals surface area contributed by atoms with Gasteiger partial charge in [-0.25, -0.2) is 0 Å². The lowest BCUT2D eigenvalue weighted by Gasteiger charge is -2.32. The van der Waals surface area contributed by atoms with Crippen LogP contribution in [0.2, 0.25) is 0 Å². The summed E-state index contributed by atoms with van der Waals surface area (Å²) in [6, 6.07) is 0.200. The maximum atomic E-state index is 10.5. The maximum absolute atomic E-state index is 10.5. The topological polar surface area (TPSA) is 90.9 Å². The van der Waals surface area contributed by atoms with Crippen molar-refractivity contribution in [3.8, 4) is 0 Å². The fourth-order valence-corrected chi connectivity index (χ4v) is 1.53. The molecule has 1 fully saturated rings. The van der Waals surface area contributed by atoms with E-state index in [4.69, 9.17) is 5.11 Å². The van der Waals surface area contributed by atoms with Gasteiger partial charge >= 0.3 is 5.97 Å². The van der Waals surface area contributed by atoms with Crippen LogP contribution in [0.25, 0.3) is 0 Å². The highest BCUT2D eigenvalue weighted by Gasteiger charge is 2.34. The van der Waals surface area contributed by atoms with Gasteiger partial charge in [0.1, 0.15) is 5.82 Å². The first kappa shape index (κ1) is 8.98. The molecule has 1 saturated carbocycles. The highest BCUT2D eigenvalue weighted by atomic mass is 16.4. The zero-order valence-corrected chi connectivity index (χ0v) is 7.82. The number of aromatic nitrogens is 3. The molecule has 1 aliphatic rings. The predicted octanol–water partition coefficient (Wildman–Crippen LogP) is 0.388. The van der Waals surface area contributed by atoms with Gasteiger partial charge in [0, 0.05) is 6.04 Å². The summed E-state index contributed by atoms with van der Waals surface area (Å²) in [4.78, 5) is 14.6. The lowest BCUT2D eigenvalue weighted by molar-refractivity contribution is -0.144. The monoisotopic (exact) mass is 196 g/mol. The van der Waals surface area contributed by atoms with Crippen molar-refractivity contribution in [2.24, 2.45) is 5.92 Å². The molecule has 0 radical (unpaired) electrons. The third-order valence-electron chi connectivity index (χ3n) is 2.42. The molecule has 6 heteroatoms. The molecule has 0 unspecified atom stereocenters. The summed E-state index contributed by atoms with van der Waals surface area (Å²) < 4.78 is 0. The number of nitrogens with zero attached hydrogens (tertiary/aromatic N) is 2. The summed E-state index contributed by atoms with van der Waals surface area (Å²) in [5.74, 6) is 0.389. The molecule has 0 aromatic carbocycles. The van der Waals surface area contributed by atoms with E-state index in [-0.39, 0.29) is 12.0 Å². The minimum Gasteiger partial charge on any atom is -0.481 e. The number of hydrogen-bond donors (Lipinski definition) is 3. The molecule has 1 aromatic rings. The number of carboxylic acid groups (broad SMARTS) is 1. The van der Waals surface area contributed by atoms with Gasteiger partial charge in [-0.15, -0.1) is 5.10 Å². The van der Waals surface area contributed by atoms with Gasteiger partial charge in [-0.1, -0.05) is 0 Å². The van der Waals surface area contributed by atoms with E-state index in [1.165, 1.54) is 0 Å². The number of anilines is 1. The molecule has 0 aliphatic heterocycles. The van der Waals surface area contributed by atoms with Crippen LogP contribution in [0.3, 0.4) is 0 Å². The Kier molecular flexibility index (Phi) is 2.11. The standard InChI is InChI=1S/C8H12N4O2/c1-4-9-8(12-11-4)10-6-2-5(3-6)7(13)14/h5-6H,2-3H2,1H3,(H,13,14)(H2,9,10,11,12). The molecule has 1 aromatic heterocycles. The van der Waals surface area contributed by atoms with Crippen molar-refractivity contribution in [3.63, 3.8) is 0 Å². The molecule has 76 valence electrons. The van der Waals surface area contributed by atoms with Crippen molar-refractivity contribution < 1.29 is 9.90 Å². The van der Waals surface area contributed by atoms with E-state index in [0.717, 1.165) is 5.82 Å². The number of H-pyrrole nitrogens is 1. The molecular formula is C8H12N4O2. The second kappa shape index (κ2) is 3.28. The van der Waals surface area contributed by atoms with Crippen molar-refractivity contribution in [1.82, 2.24) is 15.2 Å². The Morgan fingerprint density at radius 3 is 2.86 bits per heavy atom. The summed E-state index contributed by atoms with van der Waals surface area (Å²) in [7, 11) is 0. The lowest BCUT2D eigenvalue weighted by Crippen LogP contribution is -2.39. The normalized spacial score (nSPS) is 25.5. The van der Waals surface area contributed by atoms with E-state index in [1.54, 1.807) is 0 Å². The average molecular weight is 196 g/mol. The molecule has 14 heavy (non-hydrogen) atoms. The van der Waals surface area contributed by atoms with Crippen molar-refractivity contribution >= 4 is 11.9 Å². The molecule has 1 heterocycles. The quantitative estimate of drug-likeness (QED) is 0.650. The van der Waals surface area contributed by atoms with Gasteiger partial charge < -0.3 is 10.4 Å². The van der Waals surface area contributed by atoms with Crippen LogP contribution in [0.15, 0.2) is 0 Å². The summed E-state index contributed by atoms with van der Waals surface area (Å²) in [6.45, 7) is 1.82. The fourth-order valence-electron chi connectivity index (χ4n) is 1.53. The highest BCUT2D eigenvalue weighted by Crippen LogP contribution is 2.29. The fraction of sp³-hybridized carbons (Fsp3) is 0.625. The van der Waals surface area contributed by atoms with Crippen molar-refractivity contribution in [2.75, 3.05) is 5.32 Å². The summed E-state index contributed by atoms with van der Waals surface area (Å²) in [5.41, 5.74) is 0. The van der Waals surface area contributed by atoms with Crippen LogP contribution in [0.1, 0.15) is 18.7 Å². The minimum absolute atomic E-state index is 0.200. The molecule has 2 rings (SSSR count). The molecule has 0 bridgehead atoms. The van der Waals surface area contributed by atoms with Crippen molar-refractivity contribution in [1.29, 1.82) is 0 Å². The first-order chi connectivity index (χ1) is 6.65. The van der Waals surface area contributed by atoms with Gasteiger partial charge in [-0.2, -0.15) is 4.98 Å². The van der Waals surface area contributed by atoms with Gasteiger partial charge in [0.25, 0.3) is 0 Å². The van der Waals surface area contributed by atoms with Gasteiger partial charge in [0.2, 0.25) is 5.95 Å². The van der Waals surface area contributed by atoms with E-state index in [2.05, 4.69) is 20.5 Å². The number of aliphatic carboxylic acids is 1. The third-order valence-corrected chi connectivity index (χ3v) is 2.42. The first-order valence-electron chi connectivity index (χ1n) is 4.53. The second-order valence-electron chi connectivity index (χ2n) is 3.59. The first-order valence-corrected chi connectivity index (χ1v) is 4.53. The molecule has 0 amide bonds. The number of carbonyl (C=O) groups is 1. The van der Waals surface area contributed by atoms with Crippen LogP contribution >= 0.6 is 0 Å². The molecular weight excluding hydrogens is 184 g/mol. The van der Waals surface area contributed by atoms with E-state index < -0.39 is 5.97 Å². The average Bonchev–Trinajstić information content (AvgIpc) is 2.42. The Labute approximate surface area is 80.7 Å². The largest absolute Gasteiger partial charge is 0.481 e. The number of rotatable bonds is 3. The number of carboxylic acids is 1. The molecule has 1 aliphatic carbocycles. The Morgan fingerprint density at radius 2 is 2.36 bits per heavy atom. The van der Waals surface area contributed by atoms with Crippen molar-refractivity contribution in [3.05, 3.63) is 5.82 Å². The van der Waals surface area contributed by atoms with E-state index >= 15 is 0 Å². The number of aryl methyl sites for hydroxylation is 1. The molecule has 0 atom stereocenters. The van der Waals surface area contributed by atoms with Gasteiger partial charge in [-0.05, 0) is 19.8 Å². The predicted molar refractivity (Wildman–Crippen MR) is 48.9 cm³/mol. The van der Waals surface area contributed by atoms with Crippen molar-refractivity contribution in [2.45, 2.75) is 25.8 Å². The highest BCUT2D eigenvalue weighted by molar-refractivity contribution is 5.71. The van der Waals surface area contributed by atoms with Crippen LogP contribution in [0.4, 0.5) is 5.95 Å². The zero-order chi connectivity index (χ0) is 10.1. The lowest BCUT2D eigenvalue weighted by atomic mass is 9.80. The van der Waals surface area contributed by atoms with Crippen LogP contribution in [0, 0.1) is 12.8 Å². The van der Waals surface area contributed by atoms with Gasteiger partial charge in [0.15, 0.2) is 0 Å². The number of hydrogen-bond acceptors (Lipinski definition) is 4. The van der Waals surface area contributed by atoms with Gasteiger partial charge in [0.05, 0.1) is 5.92 Å². The Bertz CT molecular complexity index is 343. The number of aromatic amines is 1. The Hall–Kier alpha value is -1.59.